The minimum atomic E-state index is 0.0981. The first-order chi connectivity index (χ1) is 9.42. The molecule has 0 aromatic carbocycles. The maximum atomic E-state index is 5.42. The van der Waals surface area contributed by atoms with Gasteiger partial charge in [0.15, 0.2) is 5.82 Å². The van der Waals surface area contributed by atoms with Crippen LogP contribution in [-0.4, -0.2) is 29.9 Å². The zero-order valence-corrected chi connectivity index (χ0v) is 11.4. The van der Waals surface area contributed by atoms with Crippen LogP contribution in [0.2, 0.25) is 0 Å². The highest BCUT2D eigenvalue weighted by molar-refractivity contribution is 4.95. The lowest BCUT2D eigenvalue weighted by molar-refractivity contribution is 0.0734. The Morgan fingerprint density at radius 1 is 1.21 bits per heavy atom. The summed E-state index contributed by atoms with van der Waals surface area (Å²) in [5.74, 6) is 2.39. The third kappa shape index (κ3) is 3.54. The second-order valence-corrected chi connectivity index (χ2v) is 5.67. The number of nitrogens with zero attached hydrogens (tertiary/aromatic N) is 2. The molecule has 1 aliphatic heterocycles. The minimum absolute atomic E-state index is 0.0981. The predicted molar refractivity (Wildman–Crippen MR) is 70.8 cm³/mol. The molecule has 1 unspecified atom stereocenters. The lowest BCUT2D eigenvalue weighted by Gasteiger charge is -2.20. The van der Waals surface area contributed by atoms with E-state index in [9.17, 15) is 0 Å². The monoisotopic (exact) mass is 265 g/mol. The smallest absolute Gasteiger partial charge is 0.226 e. The molecule has 1 aliphatic carbocycles. The molecule has 2 aliphatic rings. The molecule has 19 heavy (non-hydrogen) atoms. The highest BCUT2D eigenvalue weighted by atomic mass is 16.5. The van der Waals surface area contributed by atoms with Crippen molar-refractivity contribution in [1.82, 2.24) is 15.5 Å². The molecule has 0 spiro atoms. The topological polar surface area (TPSA) is 60.2 Å². The van der Waals surface area contributed by atoms with Gasteiger partial charge in [0.2, 0.25) is 5.89 Å². The van der Waals surface area contributed by atoms with E-state index in [0.717, 1.165) is 37.2 Å². The van der Waals surface area contributed by atoms with E-state index in [0.29, 0.717) is 6.61 Å². The first kappa shape index (κ1) is 13.1. The van der Waals surface area contributed by atoms with Crippen LogP contribution in [0.5, 0.6) is 0 Å². The van der Waals surface area contributed by atoms with Crippen LogP contribution in [0, 0.1) is 5.92 Å². The standard InChI is InChI=1S/C14H23N3O2/c1-2-4-11(5-3-1)6-7-13-16-14(17-19-13)12-10-18-9-8-15-12/h11-12,15H,1-10H2. The Balaban J connectivity index is 1.49. The van der Waals surface area contributed by atoms with Crippen molar-refractivity contribution >= 4 is 0 Å². The minimum Gasteiger partial charge on any atom is -0.378 e. The van der Waals surface area contributed by atoms with Crippen LogP contribution in [-0.2, 0) is 11.2 Å². The number of hydrogen-bond donors (Lipinski definition) is 1. The Bertz CT molecular complexity index is 382. The first-order valence-electron chi connectivity index (χ1n) is 7.55. The second kappa shape index (κ2) is 6.48. The highest BCUT2D eigenvalue weighted by Crippen LogP contribution is 2.27. The molecular weight excluding hydrogens is 242 g/mol. The molecule has 2 fully saturated rings. The van der Waals surface area contributed by atoms with Gasteiger partial charge in [-0.3, -0.25) is 0 Å². The van der Waals surface area contributed by atoms with Crippen LogP contribution in [0.25, 0.3) is 0 Å². The maximum absolute atomic E-state index is 5.42. The Morgan fingerprint density at radius 3 is 2.89 bits per heavy atom. The number of aryl methyl sites for hydroxylation is 1. The number of rotatable bonds is 4. The van der Waals surface area contributed by atoms with Gasteiger partial charge < -0.3 is 14.6 Å². The molecule has 3 rings (SSSR count). The molecule has 106 valence electrons. The molecule has 0 bridgehead atoms. The quantitative estimate of drug-likeness (QED) is 0.904. The van der Waals surface area contributed by atoms with Gasteiger partial charge >= 0.3 is 0 Å². The van der Waals surface area contributed by atoms with Gasteiger partial charge in [0, 0.05) is 13.0 Å². The summed E-state index contributed by atoms with van der Waals surface area (Å²) in [5.41, 5.74) is 0. The summed E-state index contributed by atoms with van der Waals surface area (Å²) in [5, 5.41) is 7.42. The Morgan fingerprint density at radius 2 is 2.11 bits per heavy atom. The lowest BCUT2D eigenvalue weighted by Crippen LogP contribution is -2.35. The molecule has 1 N–H and O–H groups in total. The summed E-state index contributed by atoms with van der Waals surface area (Å²) in [6.07, 6.45) is 9.06. The van der Waals surface area contributed by atoms with Gasteiger partial charge in [0.1, 0.15) is 0 Å². The predicted octanol–water partition coefficient (Wildman–Crippen LogP) is 2.24. The van der Waals surface area contributed by atoms with Crippen molar-refractivity contribution in [3.05, 3.63) is 11.7 Å². The summed E-state index contributed by atoms with van der Waals surface area (Å²) < 4.78 is 10.8. The molecule has 0 radical (unpaired) electrons. The zero-order chi connectivity index (χ0) is 12.9. The third-order valence-electron chi connectivity index (χ3n) is 4.21. The Kier molecular flexibility index (Phi) is 4.45. The normalized spacial score (nSPS) is 25.6. The molecular formula is C14H23N3O2. The number of aromatic nitrogens is 2. The number of hydrogen-bond acceptors (Lipinski definition) is 5. The average molecular weight is 265 g/mol. The molecule has 1 saturated carbocycles. The summed E-state index contributed by atoms with van der Waals surface area (Å²) in [4.78, 5) is 4.50. The van der Waals surface area contributed by atoms with Gasteiger partial charge in [0.25, 0.3) is 0 Å². The molecule has 1 aromatic heterocycles. The molecule has 1 atom stereocenters. The zero-order valence-electron chi connectivity index (χ0n) is 11.4. The molecule has 5 heteroatoms. The fraction of sp³-hybridized carbons (Fsp3) is 0.857. The maximum Gasteiger partial charge on any atom is 0.226 e. The van der Waals surface area contributed by atoms with Crippen LogP contribution in [0.3, 0.4) is 0 Å². The van der Waals surface area contributed by atoms with Crippen LogP contribution >= 0.6 is 0 Å². The van der Waals surface area contributed by atoms with Gasteiger partial charge in [-0.15, -0.1) is 0 Å². The van der Waals surface area contributed by atoms with Crippen LogP contribution in [0.15, 0.2) is 4.52 Å². The second-order valence-electron chi connectivity index (χ2n) is 5.67. The van der Waals surface area contributed by atoms with E-state index >= 15 is 0 Å². The van der Waals surface area contributed by atoms with E-state index in [1.165, 1.54) is 38.5 Å². The number of ether oxygens (including phenoxy) is 1. The summed E-state index contributed by atoms with van der Waals surface area (Å²) in [6.45, 7) is 2.26. The van der Waals surface area contributed by atoms with Crippen molar-refractivity contribution < 1.29 is 9.26 Å². The SMILES string of the molecule is C1CCC(CCc2nc(C3COCCN3)no2)CC1. The van der Waals surface area contributed by atoms with Gasteiger partial charge in [0.05, 0.1) is 19.3 Å². The van der Waals surface area contributed by atoms with Gasteiger partial charge in [-0.05, 0) is 12.3 Å². The summed E-state index contributed by atoms with van der Waals surface area (Å²) in [6, 6.07) is 0.0981. The molecule has 2 heterocycles. The van der Waals surface area contributed by atoms with Gasteiger partial charge in [-0.1, -0.05) is 37.3 Å². The van der Waals surface area contributed by atoms with Crippen molar-refractivity contribution in [1.29, 1.82) is 0 Å². The molecule has 5 nitrogen and oxygen atoms in total. The van der Waals surface area contributed by atoms with Crippen LogP contribution in [0.1, 0.15) is 56.3 Å². The van der Waals surface area contributed by atoms with Crippen molar-refractivity contribution in [3.8, 4) is 0 Å². The number of nitrogens with one attached hydrogen (secondary N) is 1. The lowest BCUT2D eigenvalue weighted by atomic mass is 9.86. The fourth-order valence-electron chi connectivity index (χ4n) is 3.05. The molecule has 1 saturated heterocycles. The third-order valence-corrected chi connectivity index (χ3v) is 4.21. The largest absolute Gasteiger partial charge is 0.378 e. The van der Waals surface area contributed by atoms with Crippen molar-refractivity contribution in [3.63, 3.8) is 0 Å². The highest BCUT2D eigenvalue weighted by Gasteiger charge is 2.21. The average Bonchev–Trinajstić information content (AvgIpc) is 2.96. The van der Waals surface area contributed by atoms with Gasteiger partial charge in [-0.25, -0.2) is 0 Å². The van der Waals surface area contributed by atoms with E-state index in [-0.39, 0.29) is 6.04 Å². The summed E-state index contributed by atoms with van der Waals surface area (Å²) in [7, 11) is 0. The van der Waals surface area contributed by atoms with Crippen LogP contribution < -0.4 is 5.32 Å². The van der Waals surface area contributed by atoms with E-state index in [1.54, 1.807) is 0 Å². The van der Waals surface area contributed by atoms with E-state index in [2.05, 4.69) is 15.5 Å². The van der Waals surface area contributed by atoms with Crippen molar-refractivity contribution in [2.75, 3.05) is 19.8 Å². The molecule has 1 aromatic rings. The van der Waals surface area contributed by atoms with E-state index < -0.39 is 0 Å². The number of morpholine rings is 1. The fourth-order valence-corrected chi connectivity index (χ4v) is 3.05. The Hall–Kier alpha value is -0.940. The molecule has 0 amide bonds. The van der Waals surface area contributed by atoms with E-state index in [1.807, 2.05) is 0 Å². The van der Waals surface area contributed by atoms with Crippen molar-refractivity contribution in [2.45, 2.75) is 51.0 Å². The van der Waals surface area contributed by atoms with Gasteiger partial charge in [-0.2, -0.15) is 4.98 Å². The Labute approximate surface area is 114 Å². The summed E-state index contributed by atoms with van der Waals surface area (Å²) >= 11 is 0. The first-order valence-corrected chi connectivity index (χ1v) is 7.55. The van der Waals surface area contributed by atoms with Crippen LogP contribution in [0.4, 0.5) is 0 Å². The van der Waals surface area contributed by atoms with Crippen molar-refractivity contribution in [2.24, 2.45) is 5.92 Å². The van der Waals surface area contributed by atoms with E-state index in [4.69, 9.17) is 9.26 Å².